The molecule has 2 aromatic carbocycles. The van der Waals surface area contributed by atoms with Gasteiger partial charge in [-0.1, -0.05) is 30.3 Å². The molecular formula is C20H24N5OS2+. The fraction of sp³-hybridized carbons (Fsp3) is 0.250. The van der Waals surface area contributed by atoms with Gasteiger partial charge in [-0.25, -0.2) is 0 Å². The van der Waals surface area contributed by atoms with Crippen LogP contribution in [0.5, 0.6) is 0 Å². The molecule has 0 saturated carbocycles. The van der Waals surface area contributed by atoms with E-state index in [1.54, 1.807) is 22.8 Å². The van der Waals surface area contributed by atoms with Crippen molar-refractivity contribution >= 4 is 35.6 Å². The van der Waals surface area contributed by atoms with Gasteiger partial charge in [-0.15, -0.1) is 11.8 Å². The molecule has 0 saturated heterocycles. The monoisotopic (exact) mass is 414 g/mol. The molecule has 1 unspecified atom stereocenters. The predicted octanol–water partition coefficient (Wildman–Crippen LogP) is 2.54. The molecule has 1 heterocycles. The number of benzene rings is 2. The smallest absolute Gasteiger partial charge is 0.279 e. The van der Waals surface area contributed by atoms with Crippen LogP contribution in [0.3, 0.4) is 0 Å². The van der Waals surface area contributed by atoms with E-state index in [1.807, 2.05) is 73.3 Å². The molecule has 0 spiro atoms. The van der Waals surface area contributed by atoms with Crippen LogP contribution >= 0.6 is 24.0 Å². The van der Waals surface area contributed by atoms with Crippen LogP contribution in [-0.2, 0) is 11.5 Å². The average molecular weight is 415 g/mol. The number of aryl methyl sites for hydroxylation is 1. The van der Waals surface area contributed by atoms with Crippen LogP contribution < -0.4 is 10.2 Å². The van der Waals surface area contributed by atoms with Crippen LogP contribution in [0.25, 0.3) is 5.69 Å². The Labute approximate surface area is 174 Å². The highest BCUT2D eigenvalue weighted by molar-refractivity contribution is 7.98. The Balaban J connectivity index is 1.65. The normalized spacial score (nSPS) is 12.0. The largest absolute Gasteiger partial charge is 0.320 e. The molecule has 2 N–H and O–H groups in total. The molecule has 1 atom stereocenters. The van der Waals surface area contributed by atoms with E-state index in [0.29, 0.717) is 18.0 Å². The topological polar surface area (TPSA) is 56.3 Å². The third-order valence-electron chi connectivity index (χ3n) is 4.37. The number of hydrogen-bond acceptors (Lipinski definition) is 4. The first-order valence-corrected chi connectivity index (χ1v) is 10.6. The van der Waals surface area contributed by atoms with Crippen LogP contribution in [0.2, 0.25) is 0 Å². The number of anilines is 1. The highest BCUT2D eigenvalue weighted by atomic mass is 32.2. The van der Waals surface area contributed by atoms with Crippen molar-refractivity contribution < 1.29 is 9.69 Å². The number of hydrogen-bond donors (Lipinski definition) is 2. The van der Waals surface area contributed by atoms with Crippen LogP contribution in [0, 0.1) is 11.7 Å². The minimum absolute atomic E-state index is 0.0381. The number of quaternary nitrogens is 1. The molecule has 0 fully saturated rings. The molecule has 0 bridgehead atoms. The van der Waals surface area contributed by atoms with Crippen molar-refractivity contribution in [2.75, 3.05) is 25.2 Å². The van der Waals surface area contributed by atoms with Gasteiger partial charge in [-0.05, 0) is 49.2 Å². The SMILES string of the molecule is CSc1ccccc1NC(=O)C[NH+](C)Cn1ncn(-c2ccccc2C)c1=S. The molecule has 8 heteroatoms. The third kappa shape index (κ3) is 4.70. The van der Waals surface area contributed by atoms with E-state index in [1.165, 1.54) is 0 Å². The van der Waals surface area contributed by atoms with Crippen molar-refractivity contribution in [2.24, 2.45) is 0 Å². The molecule has 3 aromatic rings. The molecule has 1 aromatic heterocycles. The maximum atomic E-state index is 12.4. The molecule has 6 nitrogen and oxygen atoms in total. The molecular weight excluding hydrogens is 390 g/mol. The summed E-state index contributed by atoms with van der Waals surface area (Å²) in [7, 11) is 1.95. The second-order valence-electron chi connectivity index (χ2n) is 6.61. The molecule has 3 rings (SSSR count). The Bertz CT molecular complexity index is 1030. The number of nitrogens with zero attached hydrogens (tertiary/aromatic N) is 3. The Morgan fingerprint density at radius 1 is 1.21 bits per heavy atom. The van der Waals surface area contributed by atoms with Gasteiger partial charge in [0.2, 0.25) is 4.77 Å². The third-order valence-corrected chi connectivity index (χ3v) is 5.57. The van der Waals surface area contributed by atoms with Gasteiger partial charge in [0.05, 0.1) is 18.4 Å². The van der Waals surface area contributed by atoms with E-state index in [9.17, 15) is 4.79 Å². The first-order valence-electron chi connectivity index (χ1n) is 8.94. The average Bonchev–Trinajstić information content (AvgIpc) is 3.02. The lowest BCUT2D eigenvalue weighted by molar-refractivity contribution is -0.895. The lowest BCUT2D eigenvalue weighted by Gasteiger charge is -2.14. The van der Waals surface area contributed by atoms with E-state index >= 15 is 0 Å². The minimum Gasteiger partial charge on any atom is -0.320 e. The Morgan fingerprint density at radius 3 is 2.68 bits per heavy atom. The molecule has 0 radical (unpaired) electrons. The van der Waals surface area contributed by atoms with Crippen molar-refractivity contribution in [3.8, 4) is 5.69 Å². The zero-order valence-electron chi connectivity index (χ0n) is 16.2. The molecule has 0 aliphatic heterocycles. The lowest BCUT2D eigenvalue weighted by atomic mass is 10.2. The van der Waals surface area contributed by atoms with Crippen LogP contribution in [-0.4, -0.2) is 40.1 Å². The van der Waals surface area contributed by atoms with E-state index in [4.69, 9.17) is 12.2 Å². The van der Waals surface area contributed by atoms with Crippen molar-refractivity contribution in [1.82, 2.24) is 14.3 Å². The maximum Gasteiger partial charge on any atom is 0.279 e. The summed E-state index contributed by atoms with van der Waals surface area (Å²) in [5.41, 5.74) is 2.99. The van der Waals surface area contributed by atoms with Crippen molar-refractivity contribution in [3.63, 3.8) is 0 Å². The molecule has 28 heavy (non-hydrogen) atoms. The van der Waals surface area contributed by atoms with Gasteiger partial charge in [-0.3, -0.25) is 9.36 Å². The van der Waals surface area contributed by atoms with Gasteiger partial charge in [0, 0.05) is 4.90 Å². The lowest BCUT2D eigenvalue weighted by Crippen LogP contribution is -3.09. The van der Waals surface area contributed by atoms with E-state index in [0.717, 1.165) is 26.7 Å². The summed E-state index contributed by atoms with van der Waals surface area (Å²) < 4.78 is 4.26. The number of carbonyl (C=O) groups excluding carboxylic acids is 1. The Morgan fingerprint density at radius 2 is 1.93 bits per heavy atom. The van der Waals surface area contributed by atoms with E-state index < -0.39 is 0 Å². The molecule has 146 valence electrons. The highest BCUT2D eigenvalue weighted by Gasteiger charge is 2.14. The number of amides is 1. The first-order chi connectivity index (χ1) is 13.5. The van der Waals surface area contributed by atoms with Crippen molar-refractivity contribution in [1.29, 1.82) is 0 Å². The number of carbonyl (C=O) groups is 1. The molecule has 1 amide bonds. The minimum atomic E-state index is -0.0381. The van der Waals surface area contributed by atoms with Gasteiger partial charge < -0.3 is 10.2 Å². The summed E-state index contributed by atoms with van der Waals surface area (Å²) >= 11 is 7.19. The fourth-order valence-electron chi connectivity index (χ4n) is 2.97. The summed E-state index contributed by atoms with van der Waals surface area (Å²) in [6, 6.07) is 15.8. The fourth-order valence-corrected chi connectivity index (χ4v) is 3.78. The summed E-state index contributed by atoms with van der Waals surface area (Å²) in [4.78, 5) is 14.5. The predicted molar refractivity (Wildman–Crippen MR) is 116 cm³/mol. The Hall–Kier alpha value is -2.42. The van der Waals surface area contributed by atoms with Crippen molar-refractivity contribution in [3.05, 3.63) is 65.2 Å². The van der Waals surface area contributed by atoms with Crippen LogP contribution in [0.4, 0.5) is 5.69 Å². The van der Waals surface area contributed by atoms with Gasteiger partial charge in [-0.2, -0.15) is 9.78 Å². The van der Waals surface area contributed by atoms with Gasteiger partial charge in [0.25, 0.3) is 5.91 Å². The van der Waals surface area contributed by atoms with Crippen LogP contribution in [0.15, 0.2) is 59.8 Å². The number of para-hydroxylation sites is 2. The van der Waals surface area contributed by atoms with E-state index in [2.05, 4.69) is 10.4 Å². The van der Waals surface area contributed by atoms with E-state index in [-0.39, 0.29) is 5.91 Å². The molecule has 0 aliphatic carbocycles. The summed E-state index contributed by atoms with van der Waals surface area (Å²) in [5, 5.41) is 7.40. The van der Waals surface area contributed by atoms with Gasteiger partial charge >= 0.3 is 0 Å². The molecule has 0 aliphatic rings. The van der Waals surface area contributed by atoms with Gasteiger partial charge in [0.15, 0.2) is 13.2 Å². The number of aromatic nitrogens is 3. The maximum absolute atomic E-state index is 12.4. The number of likely N-dealkylation sites (N-methyl/N-ethyl adjacent to an activating group) is 1. The zero-order valence-corrected chi connectivity index (χ0v) is 17.8. The highest BCUT2D eigenvalue weighted by Crippen LogP contribution is 2.24. The summed E-state index contributed by atoms with van der Waals surface area (Å²) in [6.07, 6.45) is 3.72. The van der Waals surface area contributed by atoms with Gasteiger partial charge in [0.1, 0.15) is 6.33 Å². The summed E-state index contributed by atoms with van der Waals surface area (Å²) in [5.74, 6) is -0.0381. The first kappa shape index (κ1) is 20.3. The standard InChI is InChI=1S/C20H23N5OS2/c1-15-8-4-6-10-17(15)24-13-21-25(20(24)27)14-23(2)12-19(26)22-16-9-5-7-11-18(16)28-3/h4-11,13H,12,14H2,1-3H3,(H,22,26)/p+1. The summed E-state index contributed by atoms with van der Waals surface area (Å²) in [6.45, 7) is 2.87. The van der Waals surface area contributed by atoms with Crippen LogP contribution in [0.1, 0.15) is 5.56 Å². The quantitative estimate of drug-likeness (QED) is 0.461. The van der Waals surface area contributed by atoms with Crippen molar-refractivity contribution in [2.45, 2.75) is 18.5 Å². The zero-order chi connectivity index (χ0) is 20.1. The number of nitrogens with one attached hydrogen (secondary N) is 2. The second kappa shape index (κ2) is 9.18. The second-order valence-corrected chi connectivity index (χ2v) is 7.82. The Kier molecular flexibility index (Phi) is 6.66. The number of rotatable bonds is 7. The number of thioether (sulfide) groups is 1.